The molecule has 1 heterocycles. The first-order valence-electron chi connectivity index (χ1n) is 6.46. The van der Waals surface area contributed by atoms with Gasteiger partial charge in [-0.1, -0.05) is 19.1 Å². The van der Waals surface area contributed by atoms with Crippen molar-refractivity contribution in [3.63, 3.8) is 0 Å². The Morgan fingerprint density at radius 2 is 2.05 bits per heavy atom. The van der Waals surface area contributed by atoms with Gasteiger partial charge in [-0.25, -0.2) is 0 Å². The summed E-state index contributed by atoms with van der Waals surface area (Å²) < 4.78 is 0.757. The molecular formula is C15H16BrN3O. The lowest BCUT2D eigenvalue weighted by Gasteiger charge is -2.12. The number of rotatable bonds is 5. The van der Waals surface area contributed by atoms with Gasteiger partial charge in [0.25, 0.3) is 5.91 Å². The molecule has 0 radical (unpaired) electrons. The molecule has 0 aliphatic heterocycles. The standard InChI is InChI=1S/C15H16BrN3O/c1-2-8-18-13-6-4-3-5-11(13)15(20)19-14-7-9-17-10-12(14)16/h3-7,9-10,18H,2,8H2,1H3,(H,17,19,20). The SMILES string of the molecule is CCCNc1ccccc1C(=O)Nc1ccncc1Br. The van der Waals surface area contributed by atoms with Crippen LogP contribution in [0.4, 0.5) is 11.4 Å². The molecule has 4 nitrogen and oxygen atoms in total. The number of halogens is 1. The van der Waals surface area contributed by atoms with Crippen LogP contribution in [0, 0.1) is 0 Å². The van der Waals surface area contributed by atoms with Crippen LogP contribution < -0.4 is 10.6 Å². The molecule has 20 heavy (non-hydrogen) atoms. The fraction of sp³-hybridized carbons (Fsp3) is 0.200. The predicted octanol–water partition coefficient (Wildman–Crippen LogP) is 3.92. The highest BCUT2D eigenvalue weighted by molar-refractivity contribution is 9.10. The normalized spacial score (nSPS) is 10.1. The molecule has 2 N–H and O–H groups in total. The van der Waals surface area contributed by atoms with Gasteiger partial charge in [0.1, 0.15) is 0 Å². The molecule has 104 valence electrons. The lowest BCUT2D eigenvalue weighted by Crippen LogP contribution is -2.15. The quantitative estimate of drug-likeness (QED) is 0.871. The number of pyridine rings is 1. The van der Waals surface area contributed by atoms with Gasteiger partial charge in [0, 0.05) is 24.6 Å². The van der Waals surface area contributed by atoms with Crippen LogP contribution in [-0.4, -0.2) is 17.4 Å². The molecular weight excluding hydrogens is 318 g/mol. The molecule has 0 atom stereocenters. The number of carbonyl (C=O) groups is 1. The average Bonchev–Trinajstić information content (AvgIpc) is 2.47. The van der Waals surface area contributed by atoms with Crippen LogP contribution in [0.1, 0.15) is 23.7 Å². The summed E-state index contributed by atoms with van der Waals surface area (Å²) in [7, 11) is 0. The highest BCUT2D eigenvalue weighted by Gasteiger charge is 2.12. The zero-order chi connectivity index (χ0) is 14.4. The first-order valence-corrected chi connectivity index (χ1v) is 7.25. The van der Waals surface area contributed by atoms with E-state index in [4.69, 9.17) is 0 Å². The van der Waals surface area contributed by atoms with Crippen molar-refractivity contribution >= 4 is 33.2 Å². The number of benzene rings is 1. The van der Waals surface area contributed by atoms with Crippen molar-refractivity contribution in [3.05, 3.63) is 52.8 Å². The van der Waals surface area contributed by atoms with Crippen molar-refractivity contribution in [3.8, 4) is 0 Å². The molecule has 1 aromatic heterocycles. The van der Waals surface area contributed by atoms with E-state index in [0.717, 1.165) is 23.1 Å². The summed E-state index contributed by atoms with van der Waals surface area (Å²) in [6, 6.07) is 9.24. The van der Waals surface area contributed by atoms with Gasteiger partial charge in [0.05, 0.1) is 15.7 Å². The Labute approximate surface area is 126 Å². The predicted molar refractivity (Wildman–Crippen MR) is 85.1 cm³/mol. The van der Waals surface area contributed by atoms with E-state index in [-0.39, 0.29) is 5.91 Å². The number of hydrogen-bond acceptors (Lipinski definition) is 3. The number of nitrogens with one attached hydrogen (secondary N) is 2. The largest absolute Gasteiger partial charge is 0.384 e. The minimum atomic E-state index is -0.142. The van der Waals surface area contributed by atoms with Gasteiger partial charge >= 0.3 is 0 Å². The number of amides is 1. The summed E-state index contributed by atoms with van der Waals surface area (Å²) in [4.78, 5) is 16.3. The minimum Gasteiger partial charge on any atom is -0.384 e. The molecule has 5 heteroatoms. The Morgan fingerprint density at radius 1 is 1.25 bits per heavy atom. The van der Waals surface area contributed by atoms with Gasteiger partial charge in [-0.05, 0) is 40.5 Å². The summed E-state index contributed by atoms with van der Waals surface area (Å²) in [5.74, 6) is -0.142. The molecule has 1 aromatic carbocycles. The Kier molecular flexibility index (Phi) is 5.12. The number of carbonyl (C=O) groups excluding carboxylic acids is 1. The van der Waals surface area contributed by atoms with E-state index in [1.807, 2.05) is 24.3 Å². The van der Waals surface area contributed by atoms with Crippen molar-refractivity contribution in [1.29, 1.82) is 0 Å². The highest BCUT2D eigenvalue weighted by Crippen LogP contribution is 2.22. The zero-order valence-corrected chi connectivity index (χ0v) is 12.8. The van der Waals surface area contributed by atoms with E-state index in [0.29, 0.717) is 11.3 Å². The van der Waals surface area contributed by atoms with Crippen LogP contribution in [0.3, 0.4) is 0 Å². The molecule has 1 amide bonds. The Hall–Kier alpha value is -1.88. The van der Waals surface area contributed by atoms with E-state index >= 15 is 0 Å². The lowest BCUT2D eigenvalue weighted by atomic mass is 10.1. The first kappa shape index (κ1) is 14.5. The molecule has 0 fully saturated rings. The van der Waals surface area contributed by atoms with Crippen LogP contribution in [0.25, 0.3) is 0 Å². The van der Waals surface area contributed by atoms with Crippen molar-refractivity contribution in [2.24, 2.45) is 0 Å². The second-order valence-corrected chi connectivity index (χ2v) is 5.14. The second-order valence-electron chi connectivity index (χ2n) is 4.28. The minimum absolute atomic E-state index is 0.142. The van der Waals surface area contributed by atoms with Crippen LogP contribution in [-0.2, 0) is 0 Å². The molecule has 0 aliphatic carbocycles. The topological polar surface area (TPSA) is 54.0 Å². The van der Waals surface area contributed by atoms with Gasteiger partial charge in [-0.2, -0.15) is 0 Å². The average molecular weight is 334 g/mol. The molecule has 0 spiro atoms. The van der Waals surface area contributed by atoms with Gasteiger partial charge < -0.3 is 10.6 Å². The van der Waals surface area contributed by atoms with Crippen molar-refractivity contribution < 1.29 is 4.79 Å². The second kappa shape index (κ2) is 7.05. The van der Waals surface area contributed by atoms with Gasteiger partial charge in [-0.3, -0.25) is 9.78 Å². The third-order valence-corrected chi connectivity index (χ3v) is 3.39. The van der Waals surface area contributed by atoms with Crippen molar-refractivity contribution in [2.45, 2.75) is 13.3 Å². The highest BCUT2D eigenvalue weighted by atomic mass is 79.9. The smallest absolute Gasteiger partial charge is 0.257 e. The molecule has 0 saturated heterocycles. The maximum Gasteiger partial charge on any atom is 0.257 e. The van der Waals surface area contributed by atoms with Crippen molar-refractivity contribution in [1.82, 2.24) is 4.98 Å². The Bertz CT molecular complexity index is 601. The number of para-hydroxylation sites is 1. The number of nitrogens with zero attached hydrogens (tertiary/aromatic N) is 1. The van der Waals surface area contributed by atoms with Gasteiger partial charge in [0.15, 0.2) is 0 Å². The fourth-order valence-corrected chi connectivity index (χ4v) is 2.11. The lowest BCUT2D eigenvalue weighted by molar-refractivity contribution is 0.102. The number of aromatic nitrogens is 1. The van der Waals surface area contributed by atoms with Gasteiger partial charge in [0.2, 0.25) is 0 Å². The number of anilines is 2. The van der Waals surface area contributed by atoms with Gasteiger partial charge in [-0.15, -0.1) is 0 Å². The zero-order valence-electron chi connectivity index (χ0n) is 11.2. The van der Waals surface area contributed by atoms with E-state index in [1.165, 1.54) is 0 Å². The van der Waals surface area contributed by atoms with Crippen LogP contribution in [0.2, 0.25) is 0 Å². The Balaban J connectivity index is 2.19. The third-order valence-electron chi connectivity index (χ3n) is 2.76. The molecule has 2 rings (SSSR count). The Morgan fingerprint density at radius 3 is 2.80 bits per heavy atom. The fourth-order valence-electron chi connectivity index (χ4n) is 1.76. The summed E-state index contributed by atoms with van der Waals surface area (Å²) >= 11 is 3.36. The summed E-state index contributed by atoms with van der Waals surface area (Å²) in [5, 5.41) is 6.14. The summed E-state index contributed by atoms with van der Waals surface area (Å²) in [6.45, 7) is 2.92. The van der Waals surface area contributed by atoms with E-state index in [9.17, 15) is 4.79 Å². The maximum atomic E-state index is 12.4. The molecule has 0 aliphatic rings. The van der Waals surface area contributed by atoms with E-state index in [1.54, 1.807) is 18.5 Å². The van der Waals surface area contributed by atoms with E-state index < -0.39 is 0 Å². The summed E-state index contributed by atoms with van der Waals surface area (Å²) in [5.41, 5.74) is 2.18. The van der Waals surface area contributed by atoms with E-state index in [2.05, 4.69) is 38.5 Å². The van der Waals surface area contributed by atoms with Crippen LogP contribution in [0.15, 0.2) is 47.2 Å². The van der Waals surface area contributed by atoms with Crippen LogP contribution >= 0.6 is 15.9 Å². The monoisotopic (exact) mass is 333 g/mol. The molecule has 2 aromatic rings. The molecule has 0 saturated carbocycles. The van der Waals surface area contributed by atoms with Crippen molar-refractivity contribution in [2.75, 3.05) is 17.2 Å². The first-order chi connectivity index (χ1) is 9.72. The number of hydrogen-bond donors (Lipinski definition) is 2. The summed E-state index contributed by atoms with van der Waals surface area (Å²) in [6.07, 6.45) is 4.30. The third kappa shape index (κ3) is 3.57. The van der Waals surface area contributed by atoms with Crippen LogP contribution in [0.5, 0.6) is 0 Å². The molecule has 0 unspecified atom stereocenters. The maximum absolute atomic E-state index is 12.4. The molecule has 0 bridgehead atoms.